The molecule has 5 rings (SSSR count). The van der Waals surface area contributed by atoms with Crippen molar-refractivity contribution < 1.29 is 9.18 Å². The molecule has 1 aliphatic carbocycles. The summed E-state index contributed by atoms with van der Waals surface area (Å²) in [4.78, 5) is 13.6. The maximum absolute atomic E-state index is 13.0. The van der Waals surface area contributed by atoms with Gasteiger partial charge in [0.05, 0.1) is 5.25 Å². The Labute approximate surface area is 207 Å². The van der Waals surface area contributed by atoms with Gasteiger partial charge in [0, 0.05) is 22.0 Å². The molecule has 0 aliphatic heterocycles. The smallest absolute Gasteiger partial charge is 0.251 e. The van der Waals surface area contributed by atoms with Gasteiger partial charge in [-0.05, 0) is 76.4 Å². The first kappa shape index (κ1) is 22.5. The summed E-state index contributed by atoms with van der Waals surface area (Å²) in [6.45, 7) is 0.354. The molecule has 0 fully saturated rings. The Morgan fingerprint density at radius 3 is 2.32 bits per heavy atom. The molecule has 0 saturated heterocycles. The van der Waals surface area contributed by atoms with E-state index in [9.17, 15) is 9.18 Å². The number of carbonyl (C=O) groups excluding carboxylic acids is 1. The molecule has 168 valence electrons. The minimum absolute atomic E-state index is 0.156. The lowest BCUT2D eigenvalue weighted by Gasteiger charge is -2.11. The van der Waals surface area contributed by atoms with Crippen molar-refractivity contribution in [2.24, 2.45) is 0 Å². The Morgan fingerprint density at radius 1 is 0.882 bits per heavy atom. The van der Waals surface area contributed by atoms with Crippen LogP contribution in [0.25, 0.3) is 5.57 Å². The van der Waals surface area contributed by atoms with Gasteiger partial charge in [0.15, 0.2) is 0 Å². The maximum atomic E-state index is 13.0. The SMILES string of the molecule is O=C(NCc1ccc(F)cc1)c1ccc(SC2C=C(c3ccc(Cl)cc3)c3ccccc32)cc1. The van der Waals surface area contributed by atoms with Gasteiger partial charge in [0.1, 0.15) is 5.82 Å². The van der Waals surface area contributed by atoms with Crippen molar-refractivity contribution in [2.75, 3.05) is 0 Å². The van der Waals surface area contributed by atoms with Crippen molar-refractivity contribution in [1.29, 1.82) is 0 Å². The minimum Gasteiger partial charge on any atom is -0.348 e. The Morgan fingerprint density at radius 2 is 1.59 bits per heavy atom. The molecule has 0 heterocycles. The highest BCUT2D eigenvalue weighted by Gasteiger charge is 2.24. The number of amides is 1. The van der Waals surface area contributed by atoms with Crippen LogP contribution in [0.5, 0.6) is 0 Å². The molecule has 1 amide bonds. The standard InChI is InChI=1S/C29H21ClFNOS/c30-22-11-7-20(8-12-22)27-17-28(26-4-2-1-3-25(26)27)34-24-15-9-21(10-16-24)29(33)32-18-19-5-13-23(31)14-6-19/h1-17,28H,18H2,(H,32,33). The highest BCUT2D eigenvalue weighted by Crippen LogP contribution is 2.47. The number of halogens is 2. The molecule has 0 saturated carbocycles. The van der Waals surface area contributed by atoms with Crippen LogP contribution >= 0.6 is 23.4 Å². The number of benzene rings is 4. The fourth-order valence-corrected chi connectivity index (χ4v) is 5.27. The molecule has 5 heteroatoms. The molecule has 1 atom stereocenters. The van der Waals surface area contributed by atoms with Crippen molar-refractivity contribution in [1.82, 2.24) is 5.32 Å². The van der Waals surface area contributed by atoms with E-state index in [2.05, 4.69) is 47.8 Å². The lowest BCUT2D eigenvalue weighted by molar-refractivity contribution is 0.0951. The molecule has 34 heavy (non-hydrogen) atoms. The van der Waals surface area contributed by atoms with Crippen molar-refractivity contribution >= 4 is 34.8 Å². The normalized spacial score (nSPS) is 14.4. The van der Waals surface area contributed by atoms with E-state index in [1.165, 1.54) is 28.8 Å². The molecule has 1 N–H and O–H groups in total. The average Bonchev–Trinajstić information content (AvgIpc) is 3.23. The average molecular weight is 486 g/mol. The van der Waals surface area contributed by atoms with Gasteiger partial charge in [0.25, 0.3) is 5.91 Å². The summed E-state index contributed by atoms with van der Waals surface area (Å²) in [5, 5.41) is 3.79. The molecule has 4 aromatic rings. The first-order valence-corrected chi connectivity index (χ1v) is 12.2. The Balaban J connectivity index is 1.29. The van der Waals surface area contributed by atoms with Gasteiger partial charge in [0.2, 0.25) is 0 Å². The Kier molecular flexibility index (Phi) is 6.52. The zero-order chi connectivity index (χ0) is 23.5. The largest absolute Gasteiger partial charge is 0.348 e. The van der Waals surface area contributed by atoms with Crippen LogP contribution in [-0.2, 0) is 6.54 Å². The zero-order valence-electron chi connectivity index (χ0n) is 18.2. The summed E-state index contributed by atoms with van der Waals surface area (Å²) >= 11 is 7.84. The van der Waals surface area contributed by atoms with E-state index in [1.807, 2.05) is 36.4 Å². The summed E-state index contributed by atoms with van der Waals surface area (Å²) in [5.74, 6) is -0.444. The number of rotatable bonds is 6. The third kappa shape index (κ3) is 4.93. The molecular weight excluding hydrogens is 465 g/mol. The van der Waals surface area contributed by atoms with Crippen molar-refractivity contribution in [3.63, 3.8) is 0 Å². The lowest BCUT2D eigenvalue weighted by atomic mass is 9.99. The van der Waals surface area contributed by atoms with Crippen LogP contribution in [0.3, 0.4) is 0 Å². The van der Waals surface area contributed by atoms with Gasteiger partial charge >= 0.3 is 0 Å². The van der Waals surface area contributed by atoms with Gasteiger partial charge in [-0.15, -0.1) is 11.8 Å². The summed E-state index contributed by atoms with van der Waals surface area (Å²) in [5.41, 5.74) is 6.31. The van der Waals surface area contributed by atoms with Crippen LogP contribution < -0.4 is 5.32 Å². The number of fused-ring (bicyclic) bond motifs is 1. The van der Waals surface area contributed by atoms with E-state index in [4.69, 9.17) is 11.6 Å². The van der Waals surface area contributed by atoms with Gasteiger partial charge in [-0.1, -0.05) is 66.2 Å². The summed E-state index contributed by atoms with van der Waals surface area (Å²) in [6.07, 6.45) is 2.29. The molecular formula is C29H21ClFNOS. The summed E-state index contributed by atoms with van der Waals surface area (Å²) < 4.78 is 13.0. The van der Waals surface area contributed by atoms with Crippen LogP contribution in [0.1, 0.15) is 37.9 Å². The van der Waals surface area contributed by atoms with E-state index in [1.54, 1.807) is 23.9 Å². The maximum Gasteiger partial charge on any atom is 0.251 e. The number of hydrogen-bond donors (Lipinski definition) is 1. The van der Waals surface area contributed by atoms with Crippen LogP contribution in [0.2, 0.25) is 5.02 Å². The van der Waals surface area contributed by atoms with Gasteiger partial charge in [-0.3, -0.25) is 4.79 Å². The van der Waals surface area contributed by atoms with Gasteiger partial charge in [-0.2, -0.15) is 0 Å². The predicted molar refractivity (Wildman–Crippen MR) is 138 cm³/mol. The zero-order valence-corrected chi connectivity index (χ0v) is 19.7. The fraction of sp³-hybridized carbons (Fsp3) is 0.0690. The first-order chi connectivity index (χ1) is 16.6. The second-order valence-electron chi connectivity index (χ2n) is 8.05. The number of carbonyl (C=O) groups is 1. The predicted octanol–water partition coefficient (Wildman–Crippen LogP) is 7.69. The van der Waals surface area contributed by atoms with Crippen LogP contribution in [0.4, 0.5) is 4.39 Å². The molecule has 4 aromatic carbocycles. The highest BCUT2D eigenvalue weighted by molar-refractivity contribution is 7.99. The Hall–Kier alpha value is -3.34. The number of thioether (sulfide) groups is 1. The van der Waals surface area contributed by atoms with E-state index >= 15 is 0 Å². The molecule has 0 radical (unpaired) electrons. The van der Waals surface area contributed by atoms with Crippen molar-refractivity contribution in [3.05, 3.63) is 142 Å². The lowest BCUT2D eigenvalue weighted by Crippen LogP contribution is -2.22. The molecule has 1 unspecified atom stereocenters. The minimum atomic E-state index is -0.289. The van der Waals surface area contributed by atoms with E-state index < -0.39 is 0 Å². The van der Waals surface area contributed by atoms with E-state index in [-0.39, 0.29) is 17.0 Å². The summed E-state index contributed by atoms with van der Waals surface area (Å²) in [6, 6.07) is 30.2. The van der Waals surface area contributed by atoms with Crippen molar-refractivity contribution in [2.45, 2.75) is 16.7 Å². The second kappa shape index (κ2) is 9.88. The molecule has 1 aliphatic rings. The quantitative estimate of drug-likeness (QED) is 0.303. The Bertz CT molecular complexity index is 1350. The van der Waals surface area contributed by atoms with Crippen LogP contribution in [0.15, 0.2) is 108 Å². The van der Waals surface area contributed by atoms with Gasteiger partial charge < -0.3 is 5.32 Å². The molecule has 0 aromatic heterocycles. The first-order valence-electron chi connectivity index (χ1n) is 10.9. The third-order valence-electron chi connectivity index (χ3n) is 5.78. The fourth-order valence-electron chi connectivity index (χ4n) is 4.02. The van der Waals surface area contributed by atoms with Crippen LogP contribution in [0, 0.1) is 5.82 Å². The number of nitrogens with one attached hydrogen (secondary N) is 1. The second-order valence-corrected chi connectivity index (χ2v) is 9.70. The molecule has 0 bridgehead atoms. The monoisotopic (exact) mass is 485 g/mol. The van der Waals surface area contributed by atoms with E-state index in [0.29, 0.717) is 12.1 Å². The third-order valence-corrected chi connectivity index (χ3v) is 7.22. The molecule has 2 nitrogen and oxygen atoms in total. The highest BCUT2D eigenvalue weighted by atomic mass is 35.5. The molecule has 0 spiro atoms. The van der Waals surface area contributed by atoms with Gasteiger partial charge in [-0.25, -0.2) is 4.39 Å². The van der Waals surface area contributed by atoms with E-state index in [0.717, 1.165) is 21.0 Å². The number of hydrogen-bond acceptors (Lipinski definition) is 2. The summed E-state index contributed by atoms with van der Waals surface area (Å²) in [7, 11) is 0. The van der Waals surface area contributed by atoms with Crippen LogP contribution in [-0.4, -0.2) is 5.91 Å². The van der Waals surface area contributed by atoms with Crippen molar-refractivity contribution in [3.8, 4) is 0 Å². The topological polar surface area (TPSA) is 29.1 Å².